The molecule has 1 amide bonds. The minimum atomic E-state index is -4.62. The van der Waals surface area contributed by atoms with Crippen LogP contribution in [0.2, 0.25) is 0 Å². The molecule has 0 aliphatic rings. The lowest BCUT2D eigenvalue weighted by molar-refractivity contribution is -0.139. The molecule has 0 saturated carbocycles. The minimum absolute atomic E-state index is 0.0944. The number of halogens is 3. The first kappa shape index (κ1) is 39.7. The minimum Gasteiger partial charge on any atom is -0.493 e. The molecule has 0 radical (unpaired) electrons. The Kier molecular flexibility index (Phi) is 13.1. The van der Waals surface area contributed by atoms with Crippen LogP contribution < -0.4 is 10.1 Å². The molecule has 0 aliphatic heterocycles. The topological polar surface area (TPSA) is 73.9 Å². The van der Waals surface area contributed by atoms with Crippen LogP contribution in [0.3, 0.4) is 0 Å². The van der Waals surface area contributed by atoms with E-state index in [-0.39, 0.29) is 31.8 Å². The van der Waals surface area contributed by atoms with Crippen molar-refractivity contribution >= 4 is 13.5 Å². The molecule has 10 heteroatoms. The second-order valence-electron chi connectivity index (χ2n) is 15.2. The zero-order valence-electron chi connectivity index (χ0n) is 29.6. The third-order valence-electron chi connectivity index (χ3n) is 7.92. The standard InChI is InChI=1S/C36H55F3NO5P/c1-12-35(40-31(41)45-32(3,4)5,25-44-46(42,33(6,7)8)34(9,10)11)21-20-28-18-19-30(29(24-28)36(37,38)39)43-22-14-17-27-16-13-15-26(2)23-27/h13,15-16,18-19,23-24H,12,14,17,20-22,25H2,1-11H3,(H,40,41). The van der Waals surface area contributed by atoms with Crippen molar-refractivity contribution in [1.82, 2.24) is 5.32 Å². The van der Waals surface area contributed by atoms with Crippen molar-refractivity contribution in [1.29, 1.82) is 0 Å². The van der Waals surface area contributed by atoms with E-state index in [1.54, 1.807) is 26.8 Å². The number of carbonyl (C=O) groups excluding carboxylic acids is 1. The van der Waals surface area contributed by atoms with Gasteiger partial charge < -0.3 is 19.3 Å². The Labute approximate surface area is 274 Å². The Hall–Kier alpha value is -2.51. The van der Waals surface area contributed by atoms with E-state index in [9.17, 15) is 22.5 Å². The number of benzene rings is 2. The highest BCUT2D eigenvalue weighted by atomic mass is 31.2. The number of ether oxygens (including phenoxy) is 2. The van der Waals surface area contributed by atoms with Gasteiger partial charge in [-0.1, -0.05) is 84.4 Å². The van der Waals surface area contributed by atoms with E-state index in [4.69, 9.17) is 14.0 Å². The fourth-order valence-electron chi connectivity index (χ4n) is 5.46. The van der Waals surface area contributed by atoms with Gasteiger partial charge in [-0.05, 0) is 83.1 Å². The van der Waals surface area contributed by atoms with Crippen LogP contribution in [0, 0.1) is 6.92 Å². The molecule has 0 bridgehead atoms. The maximum atomic E-state index is 14.3. The van der Waals surface area contributed by atoms with Crippen molar-refractivity contribution in [3.8, 4) is 5.75 Å². The summed E-state index contributed by atoms with van der Waals surface area (Å²) in [6, 6.07) is 12.1. The van der Waals surface area contributed by atoms with Crippen LogP contribution in [0.5, 0.6) is 5.75 Å². The summed E-state index contributed by atoms with van der Waals surface area (Å²) in [5, 5.41) is 1.56. The van der Waals surface area contributed by atoms with Crippen molar-refractivity contribution < 1.29 is 36.5 Å². The maximum absolute atomic E-state index is 14.3. The Balaban J connectivity index is 2.32. The largest absolute Gasteiger partial charge is 0.493 e. The van der Waals surface area contributed by atoms with Gasteiger partial charge in [-0.15, -0.1) is 0 Å². The van der Waals surface area contributed by atoms with Gasteiger partial charge in [0.05, 0.1) is 24.3 Å². The van der Waals surface area contributed by atoms with Gasteiger partial charge in [0.1, 0.15) is 11.4 Å². The molecule has 0 aliphatic carbocycles. The highest BCUT2D eigenvalue weighted by molar-refractivity contribution is 7.62. The molecule has 1 unspecified atom stereocenters. The SMILES string of the molecule is CCC(CCc1ccc(OCCCc2cccc(C)c2)c(C(F)(F)F)c1)(COP(=O)(C(C)(C)C)C(C)(C)C)NC(=O)OC(C)(C)C. The first-order valence-electron chi connectivity index (χ1n) is 16.1. The fraction of sp³-hybridized carbons (Fsp3) is 0.639. The summed E-state index contributed by atoms with van der Waals surface area (Å²) in [5.74, 6) is -0.214. The van der Waals surface area contributed by atoms with Crippen LogP contribution in [0.4, 0.5) is 18.0 Å². The molecule has 2 rings (SSSR count). The zero-order chi connectivity index (χ0) is 35.2. The molecule has 2 aromatic rings. The van der Waals surface area contributed by atoms with Crippen molar-refractivity contribution in [2.75, 3.05) is 13.2 Å². The maximum Gasteiger partial charge on any atom is 0.419 e. The van der Waals surface area contributed by atoms with Crippen LogP contribution in [-0.2, 0) is 32.8 Å². The molecule has 0 spiro atoms. The van der Waals surface area contributed by atoms with Crippen LogP contribution in [-0.4, -0.2) is 40.8 Å². The molecule has 0 saturated heterocycles. The second-order valence-corrected chi connectivity index (χ2v) is 19.2. The molecule has 0 aromatic heterocycles. The van der Waals surface area contributed by atoms with Gasteiger partial charge in [-0.2, -0.15) is 13.2 Å². The number of alkyl halides is 3. The molecule has 0 fully saturated rings. The van der Waals surface area contributed by atoms with Gasteiger partial charge in [0.15, 0.2) is 0 Å². The highest BCUT2D eigenvalue weighted by Crippen LogP contribution is 2.67. The smallest absolute Gasteiger partial charge is 0.419 e. The van der Waals surface area contributed by atoms with E-state index >= 15 is 0 Å². The molecule has 1 atom stereocenters. The Morgan fingerprint density at radius 2 is 1.48 bits per heavy atom. The van der Waals surface area contributed by atoms with Gasteiger partial charge >= 0.3 is 12.3 Å². The lowest BCUT2D eigenvalue weighted by Crippen LogP contribution is -2.53. The zero-order valence-corrected chi connectivity index (χ0v) is 30.5. The molecule has 6 nitrogen and oxygen atoms in total. The van der Waals surface area contributed by atoms with Gasteiger partial charge in [-0.3, -0.25) is 4.57 Å². The number of hydrogen-bond acceptors (Lipinski definition) is 5. The van der Waals surface area contributed by atoms with Crippen LogP contribution in [0.1, 0.15) is 111 Å². The van der Waals surface area contributed by atoms with Crippen LogP contribution >= 0.6 is 7.37 Å². The van der Waals surface area contributed by atoms with E-state index in [2.05, 4.69) is 11.4 Å². The van der Waals surface area contributed by atoms with Gasteiger partial charge in [-0.25, -0.2) is 4.79 Å². The lowest BCUT2D eigenvalue weighted by atomic mass is 9.89. The molecule has 46 heavy (non-hydrogen) atoms. The Bertz CT molecular complexity index is 1340. The Morgan fingerprint density at radius 1 is 0.870 bits per heavy atom. The van der Waals surface area contributed by atoms with E-state index in [0.29, 0.717) is 24.8 Å². The van der Waals surface area contributed by atoms with Gasteiger partial charge in [0.2, 0.25) is 7.37 Å². The predicted octanol–water partition coefficient (Wildman–Crippen LogP) is 10.5. The summed E-state index contributed by atoms with van der Waals surface area (Å²) >= 11 is 0. The van der Waals surface area contributed by atoms with E-state index < -0.39 is 46.7 Å². The van der Waals surface area contributed by atoms with E-state index in [1.165, 1.54) is 6.07 Å². The number of nitrogens with one attached hydrogen (secondary N) is 1. The number of rotatable bonds is 13. The molecular formula is C36H55F3NO5P. The average Bonchev–Trinajstić information content (AvgIpc) is 2.90. The average molecular weight is 670 g/mol. The first-order valence-corrected chi connectivity index (χ1v) is 17.7. The number of carbonyl (C=O) groups is 1. The normalized spacial score (nSPS) is 14.5. The summed E-state index contributed by atoms with van der Waals surface area (Å²) in [4.78, 5) is 13.0. The second kappa shape index (κ2) is 15.1. The molecule has 1 N–H and O–H groups in total. The van der Waals surface area contributed by atoms with E-state index in [0.717, 1.165) is 17.2 Å². The number of aryl methyl sites for hydroxylation is 3. The molecule has 0 heterocycles. The predicted molar refractivity (Wildman–Crippen MR) is 180 cm³/mol. The van der Waals surface area contributed by atoms with Crippen molar-refractivity contribution in [2.45, 2.75) is 136 Å². The first-order chi connectivity index (χ1) is 20.9. The van der Waals surface area contributed by atoms with Crippen molar-refractivity contribution in [3.63, 3.8) is 0 Å². The monoisotopic (exact) mass is 669 g/mol. The Morgan fingerprint density at radius 3 is 2.00 bits per heavy atom. The number of hydrogen-bond donors (Lipinski definition) is 1. The third-order valence-corrected chi connectivity index (χ3v) is 11.9. The van der Waals surface area contributed by atoms with Crippen molar-refractivity contribution in [3.05, 3.63) is 64.7 Å². The summed E-state index contributed by atoms with van der Waals surface area (Å²) in [7, 11) is -3.31. The van der Waals surface area contributed by atoms with Gasteiger partial charge in [0, 0.05) is 10.3 Å². The quantitative estimate of drug-likeness (QED) is 0.170. The van der Waals surface area contributed by atoms with Crippen molar-refractivity contribution in [2.24, 2.45) is 0 Å². The lowest BCUT2D eigenvalue weighted by Gasteiger charge is -2.43. The van der Waals surface area contributed by atoms with Crippen LogP contribution in [0.25, 0.3) is 0 Å². The number of amides is 1. The van der Waals surface area contributed by atoms with Crippen LogP contribution in [0.15, 0.2) is 42.5 Å². The third kappa shape index (κ3) is 11.3. The summed E-state index contributed by atoms with van der Waals surface area (Å²) < 4.78 is 74.3. The fourth-order valence-corrected chi connectivity index (χ4v) is 8.67. The number of alkyl carbamates (subject to hydrolysis) is 1. The van der Waals surface area contributed by atoms with E-state index in [1.807, 2.05) is 73.6 Å². The molecule has 260 valence electrons. The molecular weight excluding hydrogens is 614 g/mol. The summed E-state index contributed by atoms with van der Waals surface area (Å²) in [6.45, 7) is 20.3. The van der Waals surface area contributed by atoms with Gasteiger partial charge in [0.25, 0.3) is 0 Å². The summed E-state index contributed by atoms with van der Waals surface area (Å²) in [5.41, 5.74) is -0.00112. The summed E-state index contributed by atoms with van der Waals surface area (Å²) in [6.07, 6.45) is -3.23. The highest BCUT2D eigenvalue weighted by Gasteiger charge is 2.49. The molecule has 2 aromatic carbocycles.